The molecule has 0 spiro atoms. The van der Waals surface area contributed by atoms with Crippen LogP contribution in [0, 0.1) is 0 Å². The summed E-state index contributed by atoms with van der Waals surface area (Å²) < 4.78 is 34.7. The van der Waals surface area contributed by atoms with Gasteiger partial charge in [-0.05, 0) is 63.9 Å². The molecule has 0 aliphatic rings. The Labute approximate surface area is 339 Å². The minimum Gasteiger partial charge on any atom is -0.498 e. The molecule has 0 aromatic heterocycles. The molecule has 2 atom stereocenters. The van der Waals surface area contributed by atoms with E-state index in [1.807, 2.05) is 27.2 Å². The molecule has 0 heterocycles. The fourth-order valence-corrected chi connectivity index (χ4v) is 6.49. The van der Waals surface area contributed by atoms with E-state index < -0.39 is 13.9 Å². The molecule has 0 saturated carbocycles. The summed E-state index contributed by atoms with van der Waals surface area (Å²) in [5.41, 5.74) is 0. The topological polar surface area (TPSA) is 91.3 Å². The average molecular weight is 795 g/mol. The maximum atomic E-state index is 12.7. The number of phosphoric ester groups is 1. The van der Waals surface area contributed by atoms with Gasteiger partial charge in [0.25, 0.3) is 0 Å². The third-order valence-corrected chi connectivity index (χ3v) is 10.1. The Morgan fingerprint density at radius 3 is 1.60 bits per heavy atom. The Balaban J connectivity index is 4.34. The van der Waals surface area contributed by atoms with Crippen LogP contribution in [0.4, 0.5) is 0 Å². The zero-order valence-electron chi connectivity index (χ0n) is 36.1. The second-order valence-corrected chi connectivity index (χ2v) is 17.2. The van der Waals surface area contributed by atoms with Gasteiger partial charge in [-0.15, -0.1) is 0 Å². The molecule has 0 radical (unpaired) electrons. The number of likely N-dealkylation sites (N-methyl/N-ethyl adjacent to an activating group) is 1. The SMILES string of the molecule is CC/C=C\C/C=C\C/C=C\C/C=C\CCCCC(=O)O[C@H](CO/C=C\CCCCCCCCCCCCCCCCCC)COP(=O)(O)OCC[N+](C)(C)C. The molecule has 8 nitrogen and oxygen atoms in total. The predicted octanol–water partition coefficient (Wildman–Crippen LogP) is 13.3. The standard InChI is InChI=1S/C46H84NO7P/c1-6-8-10-12-14-16-18-20-22-23-24-26-28-30-32-34-36-38-41-51-43-45(44-53-55(49,50)52-42-40-47(3,4)5)54-46(48)39-37-35-33-31-29-27-25-21-19-17-15-13-11-9-7-2/h9,11,15,17,21,25,29,31,38,41,45H,6-8,10,12-14,16,18-20,22-24,26-28,30,32-37,39-40,42-44H2,1-5H3/p+1/b11-9-,17-15-,25-21-,31-29-,41-38-/t45-/m1/s1. The fourth-order valence-electron chi connectivity index (χ4n) is 5.74. The van der Waals surface area contributed by atoms with E-state index in [0.29, 0.717) is 17.4 Å². The highest BCUT2D eigenvalue weighted by atomic mass is 31.2. The Morgan fingerprint density at radius 2 is 1.07 bits per heavy atom. The highest BCUT2D eigenvalue weighted by molar-refractivity contribution is 7.47. The highest BCUT2D eigenvalue weighted by Gasteiger charge is 2.26. The number of allylic oxidation sites excluding steroid dienone is 9. The van der Waals surface area contributed by atoms with Gasteiger partial charge in [-0.25, -0.2) is 4.57 Å². The third kappa shape index (κ3) is 43.0. The molecule has 0 aromatic rings. The van der Waals surface area contributed by atoms with Crippen molar-refractivity contribution in [2.24, 2.45) is 0 Å². The normalized spacial score (nSPS) is 14.3. The van der Waals surface area contributed by atoms with Gasteiger partial charge in [-0.3, -0.25) is 13.8 Å². The van der Waals surface area contributed by atoms with E-state index in [1.54, 1.807) is 6.26 Å². The van der Waals surface area contributed by atoms with E-state index in [1.165, 1.54) is 96.3 Å². The maximum Gasteiger partial charge on any atom is 0.472 e. The zero-order valence-corrected chi connectivity index (χ0v) is 37.0. The van der Waals surface area contributed by atoms with E-state index in [9.17, 15) is 14.3 Å². The van der Waals surface area contributed by atoms with Gasteiger partial charge >= 0.3 is 13.8 Å². The summed E-state index contributed by atoms with van der Waals surface area (Å²) in [5, 5.41) is 0. The van der Waals surface area contributed by atoms with Crippen LogP contribution in [0.2, 0.25) is 0 Å². The van der Waals surface area contributed by atoms with Crippen molar-refractivity contribution in [2.75, 3.05) is 47.5 Å². The van der Waals surface area contributed by atoms with Crippen LogP contribution in [0.3, 0.4) is 0 Å². The van der Waals surface area contributed by atoms with Crippen LogP contribution < -0.4 is 0 Å². The van der Waals surface area contributed by atoms with Gasteiger partial charge in [-0.1, -0.05) is 159 Å². The number of carbonyl (C=O) groups is 1. The summed E-state index contributed by atoms with van der Waals surface area (Å²) in [4.78, 5) is 22.8. The Bertz CT molecular complexity index is 1060. The summed E-state index contributed by atoms with van der Waals surface area (Å²) in [6.07, 6.45) is 49.3. The van der Waals surface area contributed by atoms with Gasteiger partial charge in [0.15, 0.2) is 6.10 Å². The lowest BCUT2D eigenvalue weighted by molar-refractivity contribution is -0.870. The van der Waals surface area contributed by atoms with Gasteiger partial charge in [0.1, 0.15) is 19.8 Å². The number of ether oxygens (including phenoxy) is 2. The largest absolute Gasteiger partial charge is 0.498 e. The first-order valence-corrected chi connectivity index (χ1v) is 23.6. The van der Waals surface area contributed by atoms with Crippen LogP contribution in [-0.4, -0.2) is 69.0 Å². The summed E-state index contributed by atoms with van der Waals surface area (Å²) in [5.74, 6) is -0.377. The summed E-state index contributed by atoms with van der Waals surface area (Å²) in [7, 11) is 1.60. The molecule has 0 amide bonds. The minimum atomic E-state index is -4.30. The molecule has 0 aromatic carbocycles. The minimum absolute atomic E-state index is 0.0298. The lowest BCUT2D eigenvalue weighted by atomic mass is 10.0. The van der Waals surface area contributed by atoms with Crippen LogP contribution in [-0.2, 0) is 27.9 Å². The summed E-state index contributed by atoms with van der Waals surface area (Å²) >= 11 is 0. The lowest BCUT2D eigenvalue weighted by Gasteiger charge is -2.24. The lowest BCUT2D eigenvalue weighted by Crippen LogP contribution is -2.37. The van der Waals surface area contributed by atoms with Crippen molar-refractivity contribution in [3.8, 4) is 0 Å². The van der Waals surface area contributed by atoms with E-state index >= 15 is 0 Å². The number of hydrogen-bond acceptors (Lipinski definition) is 6. The molecule has 0 aliphatic carbocycles. The van der Waals surface area contributed by atoms with Crippen LogP contribution in [0.15, 0.2) is 60.9 Å². The van der Waals surface area contributed by atoms with Crippen molar-refractivity contribution in [3.05, 3.63) is 60.9 Å². The smallest absolute Gasteiger partial charge is 0.472 e. The number of quaternary nitrogens is 1. The number of phosphoric acid groups is 1. The second-order valence-electron chi connectivity index (χ2n) is 15.8. The number of hydrogen-bond donors (Lipinski definition) is 1. The Hall–Kier alpha value is -1.96. The molecule has 0 aliphatic heterocycles. The van der Waals surface area contributed by atoms with Crippen LogP contribution in [0.5, 0.6) is 0 Å². The van der Waals surface area contributed by atoms with Gasteiger partial charge in [0.2, 0.25) is 0 Å². The van der Waals surface area contributed by atoms with Crippen molar-refractivity contribution in [2.45, 2.75) is 180 Å². The number of unbranched alkanes of at least 4 members (excludes halogenated alkanes) is 18. The van der Waals surface area contributed by atoms with E-state index in [0.717, 1.165) is 51.4 Å². The van der Waals surface area contributed by atoms with E-state index in [-0.39, 0.29) is 32.2 Å². The van der Waals surface area contributed by atoms with Crippen molar-refractivity contribution in [1.29, 1.82) is 0 Å². The number of nitrogens with zero attached hydrogens (tertiary/aromatic N) is 1. The molecular weight excluding hydrogens is 709 g/mol. The first kappa shape index (κ1) is 53.0. The first-order chi connectivity index (χ1) is 26.6. The number of carbonyl (C=O) groups excluding carboxylic acids is 1. The quantitative estimate of drug-likeness (QED) is 0.0165. The summed E-state index contributed by atoms with van der Waals surface area (Å²) in [6, 6.07) is 0. The predicted molar refractivity (Wildman–Crippen MR) is 233 cm³/mol. The van der Waals surface area contributed by atoms with Crippen LogP contribution >= 0.6 is 7.82 Å². The number of rotatable bonds is 40. The average Bonchev–Trinajstić information content (AvgIpc) is 3.13. The molecule has 0 rings (SSSR count). The number of esters is 1. The molecule has 0 fully saturated rings. The monoisotopic (exact) mass is 795 g/mol. The van der Waals surface area contributed by atoms with Crippen molar-refractivity contribution < 1.29 is 37.3 Å². The maximum absolute atomic E-state index is 12.7. The first-order valence-electron chi connectivity index (χ1n) is 22.1. The van der Waals surface area contributed by atoms with Crippen LogP contribution in [0.25, 0.3) is 0 Å². The van der Waals surface area contributed by atoms with Crippen molar-refractivity contribution in [1.82, 2.24) is 0 Å². The highest BCUT2D eigenvalue weighted by Crippen LogP contribution is 2.43. The zero-order chi connectivity index (χ0) is 40.6. The molecule has 55 heavy (non-hydrogen) atoms. The molecule has 320 valence electrons. The van der Waals surface area contributed by atoms with Crippen LogP contribution in [0.1, 0.15) is 174 Å². The fraction of sp³-hybridized carbons (Fsp3) is 0.761. The van der Waals surface area contributed by atoms with Gasteiger partial charge in [-0.2, -0.15) is 0 Å². The van der Waals surface area contributed by atoms with Gasteiger partial charge < -0.3 is 18.9 Å². The molecule has 9 heteroatoms. The molecule has 1 N–H and O–H groups in total. The van der Waals surface area contributed by atoms with Gasteiger partial charge in [0.05, 0.1) is 34.0 Å². The second kappa shape index (κ2) is 38.9. The molecule has 0 bridgehead atoms. The van der Waals surface area contributed by atoms with Gasteiger partial charge in [0, 0.05) is 6.42 Å². The van der Waals surface area contributed by atoms with E-state index in [2.05, 4.69) is 62.5 Å². The van der Waals surface area contributed by atoms with Crippen molar-refractivity contribution in [3.63, 3.8) is 0 Å². The Kier molecular flexibility index (Phi) is 37.5. The summed E-state index contributed by atoms with van der Waals surface area (Å²) in [6.45, 7) is 4.77. The molecule has 0 saturated heterocycles. The Morgan fingerprint density at radius 1 is 0.600 bits per heavy atom. The van der Waals surface area contributed by atoms with Crippen molar-refractivity contribution >= 4 is 13.8 Å². The molecular formula is C46H85NO7P+. The molecule has 1 unspecified atom stereocenters. The van der Waals surface area contributed by atoms with E-state index in [4.69, 9.17) is 18.5 Å². The third-order valence-electron chi connectivity index (χ3n) is 9.16.